The van der Waals surface area contributed by atoms with Crippen LogP contribution < -0.4 is 0 Å². The zero-order chi connectivity index (χ0) is 12.4. The Hall–Kier alpha value is -2.05. The van der Waals surface area contributed by atoms with Crippen molar-refractivity contribution in [2.45, 2.75) is 0 Å². The maximum Gasteiger partial charge on any atom is 0.132 e. The normalized spacial score (nSPS) is 9.94. The number of nitrogens with zero attached hydrogens (tertiary/aromatic N) is 1. The van der Waals surface area contributed by atoms with Crippen LogP contribution in [0.25, 0.3) is 11.1 Å². The van der Waals surface area contributed by atoms with Crippen molar-refractivity contribution in [3.05, 3.63) is 52.8 Å². The molecule has 0 saturated carbocycles. The Kier molecular flexibility index (Phi) is 2.99. The van der Waals surface area contributed by atoms with Gasteiger partial charge in [0.1, 0.15) is 11.6 Å². The molecule has 0 spiro atoms. The predicted molar refractivity (Wildman–Crippen MR) is 63.2 cm³/mol. The Morgan fingerprint density at radius 3 is 2.41 bits per heavy atom. The fourth-order valence-corrected chi connectivity index (χ4v) is 1.70. The lowest BCUT2D eigenvalue weighted by atomic mass is 10.0. The van der Waals surface area contributed by atoms with Gasteiger partial charge in [0.2, 0.25) is 0 Å². The van der Waals surface area contributed by atoms with Crippen molar-refractivity contribution in [1.29, 1.82) is 5.26 Å². The molecule has 1 N–H and O–H groups in total. The maximum atomic E-state index is 13.6. The second-order valence-corrected chi connectivity index (χ2v) is 3.90. The van der Waals surface area contributed by atoms with E-state index in [1.165, 1.54) is 36.4 Å². The molecule has 0 fully saturated rings. The van der Waals surface area contributed by atoms with Crippen molar-refractivity contribution in [1.82, 2.24) is 0 Å². The molecular formula is C13H7ClFNO. The highest BCUT2D eigenvalue weighted by Gasteiger charge is 2.10. The minimum absolute atomic E-state index is 0.134. The van der Waals surface area contributed by atoms with E-state index in [4.69, 9.17) is 16.9 Å². The molecule has 0 unspecified atom stereocenters. The molecular weight excluding hydrogens is 241 g/mol. The zero-order valence-electron chi connectivity index (χ0n) is 8.61. The number of phenols is 1. The van der Waals surface area contributed by atoms with Gasteiger partial charge in [0.25, 0.3) is 0 Å². The van der Waals surface area contributed by atoms with E-state index in [2.05, 4.69) is 0 Å². The molecule has 0 aliphatic carbocycles. The Bertz CT molecular complexity index is 619. The van der Waals surface area contributed by atoms with Gasteiger partial charge < -0.3 is 5.11 Å². The second-order valence-electron chi connectivity index (χ2n) is 3.47. The zero-order valence-corrected chi connectivity index (χ0v) is 9.37. The minimum Gasteiger partial charge on any atom is -0.507 e. The fraction of sp³-hybridized carbons (Fsp3) is 0. The molecule has 2 rings (SSSR count). The number of hydrogen-bond donors (Lipinski definition) is 1. The van der Waals surface area contributed by atoms with E-state index in [1.54, 1.807) is 0 Å². The van der Waals surface area contributed by atoms with Crippen molar-refractivity contribution in [3.8, 4) is 22.9 Å². The van der Waals surface area contributed by atoms with Gasteiger partial charge >= 0.3 is 0 Å². The molecule has 0 aromatic heterocycles. The van der Waals surface area contributed by atoms with Gasteiger partial charge in [-0.15, -0.1) is 0 Å². The van der Waals surface area contributed by atoms with Crippen LogP contribution in [0.15, 0.2) is 36.4 Å². The topological polar surface area (TPSA) is 44.0 Å². The van der Waals surface area contributed by atoms with Crippen LogP contribution in [0.4, 0.5) is 4.39 Å². The molecule has 0 saturated heterocycles. The summed E-state index contributed by atoms with van der Waals surface area (Å²) in [5.41, 5.74) is 0.898. The van der Waals surface area contributed by atoms with Crippen molar-refractivity contribution >= 4 is 11.6 Å². The monoisotopic (exact) mass is 247 g/mol. The quantitative estimate of drug-likeness (QED) is 0.835. The van der Waals surface area contributed by atoms with Crippen molar-refractivity contribution in [2.75, 3.05) is 0 Å². The van der Waals surface area contributed by atoms with Gasteiger partial charge in [0.05, 0.1) is 11.6 Å². The minimum atomic E-state index is -0.516. The van der Waals surface area contributed by atoms with E-state index in [0.717, 1.165) is 0 Å². The molecule has 84 valence electrons. The maximum absolute atomic E-state index is 13.6. The number of aromatic hydroxyl groups is 1. The van der Waals surface area contributed by atoms with Crippen LogP contribution in [-0.4, -0.2) is 5.11 Å². The first-order chi connectivity index (χ1) is 8.11. The SMILES string of the molecule is N#Cc1ccc(-c2ccc(Cl)cc2F)c(O)c1. The van der Waals surface area contributed by atoms with E-state index in [0.29, 0.717) is 16.1 Å². The summed E-state index contributed by atoms with van der Waals surface area (Å²) in [4.78, 5) is 0. The Morgan fingerprint density at radius 2 is 1.82 bits per heavy atom. The molecule has 2 aromatic carbocycles. The van der Waals surface area contributed by atoms with Crippen LogP contribution in [0.2, 0.25) is 5.02 Å². The third kappa shape index (κ3) is 2.22. The van der Waals surface area contributed by atoms with Crippen LogP contribution >= 0.6 is 11.6 Å². The number of benzene rings is 2. The van der Waals surface area contributed by atoms with Crippen LogP contribution in [0, 0.1) is 17.1 Å². The summed E-state index contributed by atoms with van der Waals surface area (Å²) in [5, 5.41) is 18.7. The van der Waals surface area contributed by atoms with E-state index >= 15 is 0 Å². The number of nitriles is 1. The number of halogens is 2. The third-order valence-corrected chi connectivity index (χ3v) is 2.58. The van der Waals surface area contributed by atoms with Crippen LogP contribution in [-0.2, 0) is 0 Å². The Labute approximate surface area is 103 Å². The predicted octanol–water partition coefficient (Wildman–Crippen LogP) is 3.72. The molecule has 17 heavy (non-hydrogen) atoms. The lowest BCUT2D eigenvalue weighted by molar-refractivity contribution is 0.476. The van der Waals surface area contributed by atoms with Crippen LogP contribution in [0.5, 0.6) is 5.75 Å². The van der Waals surface area contributed by atoms with E-state index < -0.39 is 5.82 Å². The van der Waals surface area contributed by atoms with Gasteiger partial charge in [-0.2, -0.15) is 5.26 Å². The highest BCUT2D eigenvalue weighted by atomic mass is 35.5. The largest absolute Gasteiger partial charge is 0.507 e. The average Bonchev–Trinajstić information content (AvgIpc) is 2.30. The summed E-state index contributed by atoms with van der Waals surface area (Å²) in [7, 11) is 0. The van der Waals surface area contributed by atoms with Gasteiger partial charge in [0.15, 0.2) is 0 Å². The summed E-state index contributed by atoms with van der Waals surface area (Å²) in [6.07, 6.45) is 0. The summed E-state index contributed by atoms with van der Waals surface area (Å²) in [6, 6.07) is 10.4. The molecule has 2 aromatic rings. The average molecular weight is 248 g/mol. The Balaban J connectivity index is 2.58. The third-order valence-electron chi connectivity index (χ3n) is 2.35. The molecule has 4 heteroatoms. The first kappa shape index (κ1) is 11.4. The van der Waals surface area contributed by atoms with Gasteiger partial charge in [-0.3, -0.25) is 0 Å². The molecule has 0 aliphatic rings. The van der Waals surface area contributed by atoms with Crippen molar-refractivity contribution < 1.29 is 9.50 Å². The van der Waals surface area contributed by atoms with Gasteiger partial charge in [-0.25, -0.2) is 4.39 Å². The summed E-state index contributed by atoms with van der Waals surface area (Å²) in [5.74, 6) is -0.650. The van der Waals surface area contributed by atoms with Gasteiger partial charge in [0, 0.05) is 16.1 Å². The fourth-order valence-electron chi connectivity index (χ4n) is 1.54. The second kappa shape index (κ2) is 4.44. The van der Waals surface area contributed by atoms with E-state index in [-0.39, 0.29) is 11.3 Å². The summed E-state index contributed by atoms with van der Waals surface area (Å²) in [6.45, 7) is 0. The molecule has 0 bridgehead atoms. The molecule has 0 heterocycles. The van der Waals surface area contributed by atoms with Gasteiger partial charge in [-0.1, -0.05) is 11.6 Å². The summed E-state index contributed by atoms with van der Waals surface area (Å²) < 4.78 is 13.6. The van der Waals surface area contributed by atoms with Gasteiger partial charge in [-0.05, 0) is 36.4 Å². The number of rotatable bonds is 1. The molecule has 2 nitrogen and oxygen atoms in total. The van der Waals surface area contributed by atoms with Crippen LogP contribution in [0.3, 0.4) is 0 Å². The molecule has 0 atom stereocenters. The molecule has 0 aliphatic heterocycles. The smallest absolute Gasteiger partial charge is 0.132 e. The Morgan fingerprint density at radius 1 is 1.12 bits per heavy atom. The standard InChI is InChI=1S/C13H7ClFNO/c14-9-2-4-10(12(15)6-9)11-3-1-8(7-16)5-13(11)17/h1-6,17H. The van der Waals surface area contributed by atoms with Crippen molar-refractivity contribution in [3.63, 3.8) is 0 Å². The highest BCUT2D eigenvalue weighted by Crippen LogP contribution is 2.32. The first-order valence-electron chi connectivity index (χ1n) is 4.80. The molecule has 0 amide bonds. The first-order valence-corrected chi connectivity index (χ1v) is 5.18. The summed E-state index contributed by atoms with van der Waals surface area (Å²) >= 11 is 5.65. The lowest BCUT2D eigenvalue weighted by Crippen LogP contribution is -1.86. The van der Waals surface area contributed by atoms with Crippen molar-refractivity contribution in [2.24, 2.45) is 0 Å². The highest BCUT2D eigenvalue weighted by molar-refractivity contribution is 6.30. The molecule has 0 radical (unpaired) electrons. The van der Waals surface area contributed by atoms with Crippen LogP contribution in [0.1, 0.15) is 5.56 Å². The van der Waals surface area contributed by atoms with E-state index in [9.17, 15) is 9.50 Å². The van der Waals surface area contributed by atoms with E-state index in [1.807, 2.05) is 6.07 Å². The number of phenolic OH excluding ortho intramolecular Hbond substituents is 1. The number of hydrogen-bond acceptors (Lipinski definition) is 2. The lowest BCUT2D eigenvalue weighted by Gasteiger charge is -2.06.